The van der Waals surface area contributed by atoms with E-state index in [4.69, 9.17) is 10.5 Å². The molecule has 28 heavy (non-hydrogen) atoms. The predicted octanol–water partition coefficient (Wildman–Crippen LogP) is 4.34. The molecule has 0 aromatic heterocycles. The third-order valence-corrected chi connectivity index (χ3v) is 5.58. The number of carbonyl (C=O) groups excluding carboxylic acids is 1. The molecule has 1 aliphatic carbocycles. The van der Waals surface area contributed by atoms with Crippen LogP contribution in [0.15, 0.2) is 42.5 Å². The van der Waals surface area contributed by atoms with Gasteiger partial charge >= 0.3 is 0 Å². The van der Waals surface area contributed by atoms with Gasteiger partial charge in [0.15, 0.2) is 0 Å². The van der Waals surface area contributed by atoms with Crippen molar-refractivity contribution in [3.05, 3.63) is 64.7 Å². The maximum absolute atomic E-state index is 12.3. The minimum atomic E-state index is -0.391. The number of primary amides is 1. The summed E-state index contributed by atoms with van der Waals surface area (Å²) in [5, 5.41) is 0. The second-order valence-electron chi connectivity index (χ2n) is 7.65. The molecule has 4 nitrogen and oxygen atoms in total. The topological polar surface area (TPSA) is 55.6 Å². The lowest BCUT2D eigenvalue weighted by Gasteiger charge is -2.35. The summed E-state index contributed by atoms with van der Waals surface area (Å²) in [5.74, 6) is 0.213. The van der Waals surface area contributed by atoms with E-state index in [1.54, 1.807) is 0 Å². The van der Waals surface area contributed by atoms with Crippen LogP contribution in [-0.4, -0.2) is 29.9 Å². The molecular formula is C24H32N2O2. The van der Waals surface area contributed by atoms with Gasteiger partial charge in [-0.15, -0.1) is 0 Å². The van der Waals surface area contributed by atoms with Gasteiger partial charge < -0.3 is 15.4 Å². The minimum Gasteiger partial charge on any atom is -0.488 e. The van der Waals surface area contributed by atoms with Gasteiger partial charge in [0.1, 0.15) is 12.4 Å². The van der Waals surface area contributed by atoms with Crippen LogP contribution in [0.3, 0.4) is 0 Å². The molecular weight excluding hydrogens is 348 g/mol. The zero-order valence-electron chi connectivity index (χ0n) is 17.1. The smallest absolute Gasteiger partial charge is 0.252 e. The molecule has 0 saturated carbocycles. The molecule has 3 rings (SSSR count). The fourth-order valence-electron chi connectivity index (χ4n) is 4.30. The minimum absolute atomic E-state index is 0.391. The Hall–Kier alpha value is -2.33. The van der Waals surface area contributed by atoms with Crippen LogP contribution in [0.1, 0.15) is 60.2 Å². The molecule has 150 valence electrons. The van der Waals surface area contributed by atoms with Crippen molar-refractivity contribution in [2.24, 2.45) is 5.73 Å². The van der Waals surface area contributed by atoms with Crippen molar-refractivity contribution in [1.82, 2.24) is 4.90 Å². The molecule has 2 aromatic carbocycles. The average Bonchev–Trinajstić information content (AvgIpc) is 2.71. The summed E-state index contributed by atoms with van der Waals surface area (Å²) in [7, 11) is 0. The normalized spacial score (nSPS) is 16.0. The lowest BCUT2D eigenvalue weighted by Crippen LogP contribution is -2.40. The number of nitrogens with two attached hydrogens (primary N) is 1. The number of carbonyl (C=O) groups is 1. The Morgan fingerprint density at radius 2 is 1.82 bits per heavy atom. The molecule has 1 unspecified atom stereocenters. The highest BCUT2D eigenvalue weighted by atomic mass is 16.5. The molecule has 0 saturated heterocycles. The standard InChI is InChI=1S/C24H32N2O2/c1-3-14-26(15-4-2)20-11-12-21-19(16-20)10-13-22(23(21)24(25)27)28-17-18-8-6-5-7-9-18/h5-10,13,20H,3-4,11-12,14-17H2,1-2H3,(H2,25,27). The van der Waals surface area contributed by atoms with Crippen molar-refractivity contribution in [3.8, 4) is 5.75 Å². The van der Waals surface area contributed by atoms with Gasteiger partial charge in [0.2, 0.25) is 0 Å². The van der Waals surface area contributed by atoms with Gasteiger partial charge in [0.05, 0.1) is 5.56 Å². The molecule has 0 spiro atoms. The Morgan fingerprint density at radius 1 is 1.11 bits per heavy atom. The number of nitrogens with zero attached hydrogens (tertiary/aromatic N) is 1. The van der Waals surface area contributed by atoms with Crippen molar-refractivity contribution in [3.63, 3.8) is 0 Å². The highest BCUT2D eigenvalue weighted by Gasteiger charge is 2.28. The first kappa shape index (κ1) is 20.4. The Bertz CT molecular complexity index is 783. The van der Waals surface area contributed by atoms with Gasteiger partial charge in [-0.25, -0.2) is 0 Å². The fourth-order valence-corrected chi connectivity index (χ4v) is 4.30. The lowest BCUT2D eigenvalue weighted by molar-refractivity contribution is 0.0993. The molecule has 1 amide bonds. The second-order valence-corrected chi connectivity index (χ2v) is 7.65. The van der Waals surface area contributed by atoms with Crippen molar-refractivity contribution in [1.29, 1.82) is 0 Å². The monoisotopic (exact) mass is 380 g/mol. The zero-order valence-corrected chi connectivity index (χ0v) is 17.1. The van der Waals surface area contributed by atoms with E-state index in [9.17, 15) is 4.79 Å². The van der Waals surface area contributed by atoms with Crippen LogP contribution in [0.4, 0.5) is 0 Å². The summed E-state index contributed by atoms with van der Waals surface area (Å²) < 4.78 is 5.99. The molecule has 2 aromatic rings. The van der Waals surface area contributed by atoms with Gasteiger partial charge in [-0.05, 0) is 68.0 Å². The average molecular weight is 381 g/mol. The number of hydrogen-bond acceptors (Lipinski definition) is 3. The number of ether oxygens (including phenoxy) is 1. The predicted molar refractivity (Wildman–Crippen MR) is 114 cm³/mol. The molecule has 0 bridgehead atoms. The number of rotatable bonds is 9. The van der Waals surface area contributed by atoms with E-state index in [0.717, 1.165) is 43.5 Å². The summed E-state index contributed by atoms with van der Waals surface area (Å²) in [6, 6.07) is 14.6. The lowest BCUT2D eigenvalue weighted by atomic mass is 9.84. The van der Waals surface area contributed by atoms with Crippen molar-refractivity contribution in [2.75, 3.05) is 13.1 Å². The van der Waals surface area contributed by atoms with E-state index in [0.29, 0.717) is 24.0 Å². The third-order valence-electron chi connectivity index (χ3n) is 5.58. The molecule has 0 radical (unpaired) electrons. The summed E-state index contributed by atoms with van der Waals surface area (Å²) in [6.07, 6.45) is 5.26. The quantitative estimate of drug-likeness (QED) is 0.704. The highest BCUT2D eigenvalue weighted by molar-refractivity contribution is 5.97. The summed E-state index contributed by atoms with van der Waals surface area (Å²) >= 11 is 0. The van der Waals surface area contributed by atoms with Gasteiger partial charge in [-0.3, -0.25) is 4.79 Å². The first-order chi connectivity index (χ1) is 13.6. The Kier molecular flexibility index (Phi) is 7.10. The van der Waals surface area contributed by atoms with Crippen molar-refractivity contribution < 1.29 is 9.53 Å². The molecule has 1 aliphatic rings. The molecule has 0 heterocycles. The van der Waals surface area contributed by atoms with Crippen LogP contribution in [-0.2, 0) is 19.4 Å². The van der Waals surface area contributed by atoms with E-state index in [1.807, 2.05) is 36.4 Å². The van der Waals surface area contributed by atoms with E-state index >= 15 is 0 Å². The highest BCUT2D eigenvalue weighted by Crippen LogP contribution is 2.33. The maximum atomic E-state index is 12.3. The Balaban J connectivity index is 1.81. The Labute approximate surface area is 168 Å². The number of amides is 1. The van der Waals surface area contributed by atoms with Crippen LogP contribution < -0.4 is 10.5 Å². The van der Waals surface area contributed by atoms with Gasteiger partial charge in [-0.1, -0.05) is 50.2 Å². The summed E-state index contributed by atoms with van der Waals surface area (Å²) in [4.78, 5) is 14.9. The van der Waals surface area contributed by atoms with Crippen molar-refractivity contribution >= 4 is 5.91 Å². The van der Waals surface area contributed by atoms with E-state index in [2.05, 4.69) is 24.8 Å². The molecule has 1 atom stereocenters. The maximum Gasteiger partial charge on any atom is 0.252 e. The molecule has 4 heteroatoms. The first-order valence-electron chi connectivity index (χ1n) is 10.5. The SMILES string of the molecule is CCCN(CCC)C1CCc2c(ccc(OCc3ccccc3)c2C(N)=O)C1. The van der Waals surface area contributed by atoms with E-state index in [1.165, 1.54) is 18.4 Å². The number of hydrogen-bond donors (Lipinski definition) is 1. The van der Waals surface area contributed by atoms with E-state index in [-0.39, 0.29) is 0 Å². The second kappa shape index (κ2) is 9.74. The van der Waals surface area contributed by atoms with Crippen LogP contribution in [0.2, 0.25) is 0 Å². The van der Waals surface area contributed by atoms with Crippen LogP contribution in [0, 0.1) is 0 Å². The first-order valence-corrected chi connectivity index (χ1v) is 10.5. The van der Waals surface area contributed by atoms with Crippen LogP contribution in [0.25, 0.3) is 0 Å². The van der Waals surface area contributed by atoms with Crippen LogP contribution >= 0.6 is 0 Å². The van der Waals surface area contributed by atoms with Gasteiger partial charge in [-0.2, -0.15) is 0 Å². The molecule has 0 fully saturated rings. The molecule has 0 aliphatic heterocycles. The Morgan fingerprint density at radius 3 is 2.46 bits per heavy atom. The number of benzene rings is 2. The largest absolute Gasteiger partial charge is 0.488 e. The van der Waals surface area contributed by atoms with Gasteiger partial charge in [0.25, 0.3) is 5.91 Å². The van der Waals surface area contributed by atoms with Gasteiger partial charge in [0, 0.05) is 6.04 Å². The number of fused-ring (bicyclic) bond motifs is 1. The summed E-state index contributed by atoms with van der Waals surface area (Å²) in [5.41, 5.74) is 9.75. The summed E-state index contributed by atoms with van der Waals surface area (Å²) in [6.45, 7) is 7.18. The van der Waals surface area contributed by atoms with Crippen molar-refractivity contribution in [2.45, 2.75) is 58.6 Å². The van der Waals surface area contributed by atoms with Crippen LogP contribution in [0.5, 0.6) is 5.75 Å². The molecule has 2 N–H and O–H groups in total. The third kappa shape index (κ3) is 4.74. The fraction of sp³-hybridized carbons (Fsp3) is 0.458. The zero-order chi connectivity index (χ0) is 19.9. The van der Waals surface area contributed by atoms with E-state index < -0.39 is 5.91 Å².